The summed E-state index contributed by atoms with van der Waals surface area (Å²) in [5.74, 6) is 0.856. The number of aromatic nitrogens is 4. The third-order valence-electron chi connectivity index (χ3n) is 9.72. The first-order valence-corrected chi connectivity index (χ1v) is 15.0. The molecule has 216 valence electrons. The van der Waals surface area contributed by atoms with E-state index in [1.54, 1.807) is 17.1 Å². The lowest BCUT2D eigenvalue weighted by Crippen LogP contribution is -2.52. The lowest BCUT2D eigenvalue weighted by molar-refractivity contribution is -0.140. The molecule has 1 saturated heterocycles. The van der Waals surface area contributed by atoms with E-state index in [9.17, 15) is 14.4 Å². The van der Waals surface area contributed by atoms with Crippen LogP contribution in [0.2, 0.25) is 0 Å². The van der Waals surface area contributed by atoms with Crippen LogP contribution >= 0.6 is 0 Å². The number of ketones is 1. The van der Waals surface area contributed by atoms with Gasteiger partial charge in [-0.05, 0) is 81.0 Å². The second-order valence-electron chi connectivity index (χ2n) is 12.9. The van der Waals surface area contributed by atoms with Crippen LogP contribution in [0, 0.1) is 25.2 Å². The van der Waals surface area contributed by atoms with E-state index in [0.29, 0.717) is 29.2 Å². The van der Waals surface area contributed by atoms with Gasteiger partial charge in [-0.2, -0.15) is 5.10 Å². The topological polar surface area (TPSA) is 110 Å². The zero-order valence-electron chi connectivity index (χ0n) is 24.7. The maximum Gasteiger partial charge on any atom is 0.245 e. The number of hydrogen-bond donors (Lipinski definition) is 1. The van der Waals surface area contributed by atoms with Crippen molar-refractivity contribution in [3.63, 3.8) is 0 Å². The Bertz CT molecular complexity index is 1520. The van der Waals surface area contributed by atoms with Crippen LogP contribution in [0.4, 0.5) is 0 Å². The highest BCUT2D eigenvalue weighted by atomic mass is 16.2. The molecule has 1 aliphatic heterocycles. The number of fused-ring (bicyclic) bond motifs is 2. The van der Waals surface area contributed by atoms with Gasteiger partial charge in [0.1, 0.15) is 24.1 Å². The number of rotatable bonds is 7. The molecule has 2 amide bonds. The van der Waals surface area contributed by atoms with E-state index in [1.165, 1.54) is 26.2 Å². The zero-order chi connectivity index (χ0) is 29.1. The summed E-state index contributed by atoms with van der Waals surface area (Å²) in [4.78, 5) is 50.6. The molecule has 9 heteroatoms. The Hall–Kier alpha value is -3.62. The smallest absolute Gasteiger partial charge is 0.245 e. The molecular formula is C32H40N6O3. The number of Topliss-reactive ketones (excluding diaryl/α,β-unsaturated/α-hetero) is 1. The Balaban J connectivity index is 1.27. The van der Waals surface area contributed by atoms with E-state index < -0.39 is 6.04 Å². The van der Waals surface area contributed by atoms with Crippen molar-refractivity contribution in [2.45, 2.75) is 104 Å². The lowest BCUT2D eigenvalue weighted by Gasteiger charge is -2.32. The molecule has 1 N–H and O–H groups in total. The normalized spacial score (nSPS) is 24.8. The Morgan fingerprint density at radius 2 is 1.76 bits per heavy atom. The summed E-state index contributed by atoms with van der Waals surface area (Å²) < 4.78 is 1.65. The number of likely N-dealkylation sites (tertiary alicyclic amines) is 1. The number of piperidine rings is 1. The predicted octanol–water partition coefficient (Wildman–Crippen LogP) is 4.78. The first-order chi connectivity index (χ1) is 19.6. The van der Waals surface area contributed by atoms with Gasteiger partial charge in [0.2, 0.25) is 11.8 Å². The summed E-state index contributed by atoms with van der Waals surface area (Å²) in [6.07, 6.45) is 11.2. The van der Waals surface area contributed by atoms with Crippen molar-refractivity contribution in [2.24, 2.45) is 11.3 Å². The summed E-state index contributed by atoms with van der Waals surface area (Å²) in [5.41, 5.74) is 3.72. The second-order valence-corrected chi connectivity index (χ2v) is 12.9. The van der Waals surface area contributed by atoms with Crippen LogP contribution in [-0.4, -0.2) is 60.4 Å². The third-order valence-corrected chi connectivity index (χ3v) is 9.72. The van der Waals surface area contributed by atoms with Crippen LogP contribution in [0.25, 0.3) is 22.0 Å². The van der Waals surface area contributed by atoms with E-state index in [2.05, 4.69) is 34.2 Å². The highest BCUT2D eigenvalue weighted by molar-refractivity contribution is 6.07. The van der Waals surface area contributed by atoms with Crippen molar-refractivity contribution in [1.29, 1.82) is 0 Å². The van der Waals surface area contributed by atoms with Gasteiger partial charge in [0.05, 0.1) is 5.52 Å². The lowest BCUT2D eigenvalue weighted by atomic mass is 9.84. The standard InChI is InChI=1S/C32H40N6O3/c1-18-11-23(24-15-33-21(4)34-16-24)12-25-29(20(3)39)36-37(30(18)25)17-28(40)38-26(13-32(5)14-27(32)38)31(41)35-19(2)22-9-7-6-8-10-22/h11-12,15-16,19,22,26-27H,6-10,13-14,17H2,1-5H3,(H,35,41)/t19-,26-,27?,32-/m0/s1. The van der Waals surface area contributed by atoms with Gasteiger partial charge < -0.3 is 10.2 Å². The minimum Gasteiger partial charge on any atom is -0.352 e. The minimum atomic E-state index is -0.472. The summed E-state index contributed by atoms with van der Waals surface area (Å²) in [7, 11) is 0. The van der Waals surface area contributed by atoms with Gasteiger partial charge in [-0.15, -0.1) is 0 Å². The summed E-state index contributed by atoms with van der Waals surface area (Å²) in [6, 6.07) is 3.64. The average molecular weight is 557 g/mol. The van der Waals surface area contributed by atoms with Gasteiger partial charge >= 0.3 is 0 Å². The second kappa shape index (κ2) is 10.3. The molecule has 0 radical (unpaired) electrons. The fourth-order valence-electron chi connectivity index (χ4n) is 7.25. The van der Waals surface area contributed by atoms with Crippen molar-refractivity contribution < 1.29 is 14.4 Å². The molecule has 3 fully saturated rings. The summed E-state index contributed by atoms with van der Waals surface area (Å²) >= 11 is 0. The molecule has 3 heterocycles. The van der Waals surface area contributed by atoms with Crippen LogP contribution in [0.5, 0.6) is 0 Å². The molecule has 2 aromatic heterocycles. The highest BCUT2D eigenvalue weighted by Gasteiger charge is 2.64. The molecular weight excluding hydrogens is 516 g/mol. The predicted molar refractivity (Wildman–Crippen MR) is 156 cm³/mol. The average Bonchev–Trinajstić information content (AvgIpc) is 3.30. The van der Waals surface area contributed by atoms with Crippen LogP contribution in [0.15, 0.2) is 24.5 Å². The molecule has 1 unspecified atom stereocenters. The Labute approximate surface area is 241 Å². The van der Waals surface area contributed by atoms with Gasteiger partial charge in [-0.1, -0.05) is 26.2 Å². The van der Waals surface area contributed by atoms with Crippen LogP contribution in [0.1, 0.15) is 87.6 Å². The number of benzene rings is 1. The quantitative estimate of drug-likeness (QED) is 0.420. The van der Waals surface area contributed by atoms with Crippen molar-refractivity contribution in [3.8, 4) is 11.1 Å². The molecule has 4 atom stereocenters. The van der Waals surface area contributed by atoms with E-state index in [4.69, 9.17) is 0 Å². The fourth-order valence-corrected chi connectivity index (χ4v) is 7.25. The summed E-state index contributed by atoms with van der Waals surface area (Å²) in [5, 5.41) is 8.61. The van der Waals surface area contributed by atoms with Crippen molar-refractivity contribution >= 4 is 28.5 Å². The number of amides is 2. The van der Waals surface area contributed by atoms with Gasteiger partial charge in [0.15, 0.2) is 5.78 Å². The SMILES string of the molecule is CC(=O)c1nn(CC(=O)N2C3C[C@]3(C)C[C@H]2C(=O)N[C@@H](C)C2CCCCC2)c2c(C)cc(-c3cnc(C)nc3)cc12. The third kappa shape index (κ3) is 5.04. The number of carbonyl (C=O) groups is 3. The van der Waals surface area contributed by atoms with Gasteiger partial charge in [-0.25, -0.2) is 9.97 Å². The molecule has 0 bridgehead atoms. The zero-order valence-corrected chi connectivity index (χ0v) is 24.7. The maximum atomic E-state index is 13.9. The molecule has 0 spiro atoms. The van der Waals surface area contributed by atoms with Crippen LogP contribution in [-0.2, 0) is 16.1 Å². The maximum absolute atomic E-state index is 13.9. The number of nitrogens with one attached hydrogen (secondary N) is 1. The van der Waals surface area contributed by atoms with Gasteiger partial charge in [-0.3, -0.25) is 19.1 Å². The largest absolute Gasteiger partial charge is 0.352 e. The number of carbonyl (C=O) groups excluding carboxylic acids is 3. The highest BCUT2D eigenvalue weighted by Crippen LogP contribution is 2.59. The Morgan fingerprint density at radius 1 is 1.05 bits per heavy atom. The molecule has 1 aromatic carbocycles. The van der Waals surface area contributed by atoms with Crippen molar-refractivity contribution in [2.75, 3.05) is 0 Å². The minimum absolute atomic E-state index is 0.0105. The molecule has 3 aliphatic rings. The Morgan fingerprint density at radius 3 is 2.44 bits per heavy atom. The van der Waals surface area contributed by atoms with Crippen molar-refractivity contribution in [1.82, 2.24) is 30.0 Å². The molecule has 2 saturated carbocycles. The van der Waals surface area contributed by atoms with Crippen LogP contribution < -0.4 is 5.32 Å². The Kier molecular flexibility index (Phi) is 6.94. The van der Waals surface area contributed by atoms with Crippen molar-refractivity contribution in [3.05, 3.63) is 41.6 Å². The summed E-state index contributed by atoms with van der Waals surface area (Å²) in [6.45, 7) is 9.55. The first-order valence-electron chi connectivity index (χ1n) is 15.0. The fraction of sp³-hybridized carbons (Fsp3) is 0.562. The van der Waals surface area contributed by atoms with E-state index >= 15 is 0 Å². The number of aryl methyl sites for hydroxylation is 2. The van der Waals surface area contributed by atoms with E-state index in [-0.39, 0.29) is 41.6 Å². The van der Waals surface area contributed by atoms with E-state index in [1.807, 2.05) is 30.9 Å². The first kappa shape index (κ1) is 27.5. The number of hydrogen-bond acceptors (Lipinski definition) is 6. The number of nitrogens with zero attached hydrogens (tertiary/aromatic N) is 5. The molecule has 3 aromatic rings. The molecule has 6 rings (SSSR count). The monoisotopic (exact) mass is 556 g/mol. The van der Waals surface area contributed by atoms with E-state index in [0.717, 1.165) is 41.5 Å². The molecule has 9 nitrogen and oxygen atoms in total. The van der Waals surface area contributed by atoms with Gasteiger partial charge in [0, 0.05) is 42.4 Å². The molecule has 41 heavy (non-hydrogen) atoms. The van der Waals surface area contributed by atoms with Crippen LogP contribution in [0.3, 0.4) is 0 Å². The van der Waals surface area contributed by atoms with Gasteiger partial charge in [0.25, 0.3) is 0 Å². The molecule has 2 aliphatic carbocycles.